The summed E-state index contributed by atoms with van der Waals surface area (Å²) in [6.45, 7) is 4.85. The fourth-order valence-electron chi connectivity index (χ4n) is 3.04. The molecule has 2 heterocycles. The summed E-state index contributed by atoms with van der Waals surface area (Å²) in [5, 5.41) is 3.37. The van der Waals surface area contributed by atoms with E-state index in [4.69, 9.17) is 10.5 Å². The van der Waals surface area contributed by atoms with Crippen LogP contribution in [0, 0.1) is 5.92 Å². The summed E-state index contributed by atoms with van der Waals surface area (Å²) in [7, 11) is 1.77. The van der Waals surface area contributed by atoms with Gasteiger partial charge in [0.05, 0.1) is 6.61 Å². The zero-order chi connectivity index (χ0) is 17.4. The maximum Gasteiger partial charge on any atom is 0.218 e. The topological polar surface area (TPSA) is 92.8 Å². The molecule has 0 bridgehead atoms. The van der Waals surface area contributed by atoms with Crippen LogP contribution in [0.1, 0.15) is 31.7 Å². The second-order valence-electron chi connectivity index (χ2n) is 5.93. The molecule has 8 heteroatoms. The average molecular weight is 461 g/mol. The minimum atomic E-state index is -0.235. The lowest BCUT2D eigenvalue weighted by Gasteiger charge is -2.34. The summed E-state index contributed by atoms with van der Waals surface area (Å²) in [4.78, 5) is 22.0. The lowest BCUT2D eigenvalue weighted by molar-refractivity contribution is -0.119. The number of rotatable bonds is 6. The first-order chi connectivity index (χ1) is 11.6. The summed E-state index contributed by atoms with van der Waals surface area (Å²) in [6, 6.07) is 3.89. The second-order valence-corrected chi connectivity index (χ2v) is 5.93. The second kappa shape index (κ2) is 11.1. The van der Waals surface area contributed by atoms with Gasteiger partial charge >= 0.3 is 0 Å². The van der Waals surface area contributed by atoms with Crippen LogP contribution in [0.25, 0.3) is 0 Å². The molecule has 25 heavy (non-hydrogen) atoms. The Morgan fingerprint density at radius 3 is 3.04 bits per heavy atom. The zero-order valence-corrected chi connectivity index (χ0v) is 17.2. The number of nitrogens with two attached hydrogens (primary N) is 1. The van der Waals surface area contributed by atoms with Crippen molar-refractivity contribution in [3.63, 3.8) is 0 Å². The number of amides is 1. The van der Waals surface area contributed by atoms with Gasteiger partial charge in [0.1, 0.15) is 0 Å². The van der Waals surface area contributed by atoms with Crippen LogP contribution in [0.2, 0.25) is 0 Å². The number of nitrogens with zero attached hydrogens (tertiary/aromatic N) is 3. The molecule has 0 spiro atoms. The van der Waals surface area contributed by atoms with E-state index in [2.05, 4.69) is 20.2 Å². The van der Waals surface area contributed by atoms with Crippen LogP contribution in [0.4, 0.5) is 0 Å². The Bertz CT molecular complexity index is 582. The predicted octanol–water partition coefficient (Wildman–Crippen LogP) is 1.76. The molecule has 0 radical (unpaired) electrons. The minimum absolute atomic E-state index is 0. The van der Waals surface area contributed by atoms with Gasteiger partial charge in [0.15, 0.2) is 5.96 Å². The molecule has 0 aliphatic carbocycles. The van der Waals surface area contributed by atoms with Gasteiger partial charge in [-0.25, -0.2) is 4.98 Å². The predicted molar refractivity (Wildman–Crippen MR) is 109 cm³/mol. The van der Waals surface area contributed by atoms with Crippen molar-refractivity contribution < 1.29 is 9.53 Å². The van der Waals surface area contributed by atoms with Crippen LogP contribution < -0.4 is 15.8 Å². The first-order valence-corrected chi connectivity index (χ1v) is 8.44. The standard InChI is InChI=1S/C17H27N5O2.HI/c1-3-24-16-14(7-4-8-20-16)11-21-17(19-2)22-9-5-6-13(12-22)10-15(18)23;/h4,7-8,13H,3,5-6,9-12H2,1-2H3,(H2,18,23)(H,19,21);1H. The number of carbonyl (C=O) groups excluding carboxylic acids is 1. The largest absolute Gasteiger partial charge is 0.478 e. The number of carbonyl (C=O) groups is 1. The third kappa shape index (κ3) is 6.68. The number of piperidine rings is 1. The van der Waals surface area contributed by atoms with Crippen LogP contribution >= 0.6 is 24.0 Å². The van der Waals surface area contributed by atoms with Crippen molar-refractivity contribution >= 4 is 35.8 Å². The highest BCUT2D eigenvalue weighted by Crippen LogP contribution is 2.20. The molecule has 0 aromatic carbocycles. The van der Waals surface area contributed by atoms with E-state index >= 15 is 0 Å². The van der Waals surface area contributed by atoms with Gasteiger partial charge in [-0.05, 0) is 31.7 Å². The number of aliphatic imine (C=N–C) groups is 1. The van der Waals surface area contributed by atoms with Gasteiger partial charge in [-0.15, -0.1) is 24.0 Å². The molecule has 1 amide bonds. The number of hydrogen-bond donors (Lipinski definition) is 2. The maximum atomic E-state index is 11.2. The highest BCUT2D eigenvalue weighted by molar-refractivity contribution is 14.0. The molecule has 140 valence electrons. The first-order valence-electron chi connectivity index (χ1n) is 8.44. The fraction of sp³-hybridized carbons (Fsp3) is 0.588. The molecule has 0 saturated carbocycles. The number of hydrogen-bond acceptors (Lipinski definition) is 4. The van der Waals surface area contributed by atoms with Crippen LogP contribution in [0.3, 0.4) is 0 Å². The van der Waals surface area contributed by atoms with Crippen LogP contribution in [0.5, 0.6) is 5.88 Å². The number of nitrogens with one attached hydrogen (secondary N) is 1. The molecule has 1 aliphatic heterocycles. The lowest BCUT2D eigenvalue weighted by atomic mass is 9.95. The highest BCUT2D eigenvalue weighted by Gasteiger charge is 2.23. The monoisotopic (exact) mass is 461 g/mol. The van der Waals surface area contributed by atoms with E-state index in [1.807, 2.05) is 19.1 Å². The molecule has 1 aromatic rings. The van der Waals surface area contributed by atoms with E-state index in [0.29, 0.717) is 31.4 Å². The summed E-state index contributed by atoms with van der Waals surface area (Å²) < 4.78 is 5.55. The number of halogens is 1. The Morgan fingerprint density at radius 2 is 2.36 bits per heavy atom. The normalized spacial score (nSPS) is 17.6. The van der Waals surface area contributed by atoms with Crippen molar-refractivity contribution in [1.82, 2.24) is 15.2 Å². The minimum Gasteiger partial charge on any atom is -0.478 e. The molecular formula is C17H28IN5O2. The molecule has 2 rings (SSSR count). The van der Waals surface area contributed by atoms with E-state index in [-0.39, 0.29) is 29.9 Å². The average Bonchev–Trinajstić information content (AvgIpc) is 2.57. The summed E-state index contributed by atoms with van der Waals surface area (Å²) >= 11 is 0. The first kappa shape index (κ1) is 21.5. The number of likely N-dealkylation sites (tertiary alicyclic amines) is 1. The van der Waals surface area contributed by atoms with Gasteiger partial charge in [-0.2, -0.15) is 0 Å². The van der Waals surface area contributed by atoms with Crippen molar-refractivity contribution in [3.05, 3.63) is 23.9 Å². The SMILES string of the molecule is CCOc1ncccc1CNC(=NC)N1CCCC(CC(N)=O)C1.I. The third-order valence-corrected chi connectivity index (χ3v) is 4.09. The Labute approximate surface area is 166 Å². The summed E-state index contributed by atoms with van der Waals surface area (Å²) in [5.41, 5.74) is 6.32. The molecule has 3 N–H and O–H groups in total. The summed E-state index contributed by atoms with van der Waals surface area (Å²) in [6.07, 6.45) is 4.23. The Hall–Kier alpha value is -1.58. The van der Waals surface area contributed by atoms with Crippen molar-refractivity contribution in [2.45, 2.75) is 32.7 Å². The van der Waals surface area contributed by atoms with Crippen LogP contribution in [-0.2, 0) is 11.3 Å². The molecule has 1 atom stereocenters. The van der Waals surface area contributed by atoms with Gasteiger partial charge in [0, 0.05) is 44.9 Å². The fourth-order valence-corrected chi connectivity index (χ4v) is 3.04. The Balaban J connectivity index is 0.00000312. The maximum absolute atomic E-state index is 11.2. The van der Waals surface area contributed by atoms with E-state index in [1.54, 1.807) is 13.2 Å². The number of aromatic nitrogens is 1. The molecule has 1 unspecified atom stereocenters. The number of ether oxygens (including phenoxy) is 1. The molecule has 1 fully saturated rings. The van der Waals surface area contributed by atoms with Crippen molar-refractivity contribution in [3.8, 4) is 5.88 Å². The number of pyridine rings is 1. The van der Waals surface area contributed by atoms with Gasteiger partial charge < -0.3 is 20.7 Å². The van der Waals surface area contributed by atoms with Crippen molar-refractivity contribution in [2.75, 3.05) is 26.7 Å². The smallest absolute Gasteiger partial charge is 0.218 e. The van der Waals surface area contributed by atoms with Crippen molar-refractivity contribution in [1.29, 1.82) is 0 Å². The quantitative estimate of drug-likeness (QED) is 0.383. The van der Waals surface area contributed by atoms with E-state index in [0.717, 1.165) is 37.5 Å². The van der Waals surface area contributed by atoms with E-state index in [9.17, 15) is 4.79 Å². The van der Waals surface area contributed by atoms with E-state index < -0.39 is 0 Å². The van der Waals surface area contributed by atoms with Crippen molar-refractivity contribution in [2.24, 2.45) is 16.6 Å². The van der Waals surface area contributed by atoms with E-state index in [1.165, 1.54) is 0 Å². The molecular weight excluding hydrogens is 433 g/mol. The number of primary amides is 1. The molecule has 7 nitrogen and oxygen atoms in total. The molecule has 1 aromatic heterocycles. The van der Waals surface area contributed by atoms with Gasteiger partial charge in [-0.1, -0.05) is 6.07 Å². The Morgan fingerprint density at radius 1 is 1.56 bits per heavy atom. The highest BCUT2D eigenvalue weighted by atomic mass is 127. The Kier molecular flexibility index (Phi) is 9.54. The van der Waals surface area contributed by atoms with Crippen LogP contribution in [0.15, 0.2) is 23.3 Å². The lowest BCUT2D eigenvalue weighted by Crippen LogP contribution is -2.46. The van der Waals surface area contributed by atoms with Gasteiger partial charge in [-0.3, -0.25) is 9.79 Å². The summed E-state index contributed by atoms with van der Waals surface area (Å²) in [5.74, 6) is 1.54. The zero-order valence-electron chi connectivity index (χ0n) is 14.9. The number of guanidine groups is 1. The molecule has 1 saturated heterocycles. The van der Waals surface area contributed by atoms with Gasteiger partial charge in [0.25, 0.3) is 0 Å². The van der Waals surface area contributed by atoms with Crippen LogP contribution in [-0.4, -0.2) is 48.5 Å². The third-order valence-electron chi connectivity index (χ3n) is 4.09. The van der Waals surface area contributed by atoms with Gasteiger partial charge in [0.2, 0.25) is 11.8 Å². The molecule has 1 aliphatic rings.